The van der Waals surface area contributed by atoms with Crippen LogP contribution in [0.25, 0.3) is 11.3 Å². The van der Waals surface area contributed by atoms with Gasteiger partial charge in [-0.15, -0.1) is 11.3 Å². The van der Waals surface area contributed by atoms with E-state index in [0.717, 1.165) is 27.5 Å². The molecule has 0 fully saturated rings. The van der Waals surface area contributed by atoms with Crippen molar-refractivity contribution in [3.63, 3.8) is 0 Å². The molecule has 28 heavy (non-hydrogen) atoms. The number of amides is 1. The number of furan rings is 1. The summed E-state index contributed by atoms with van der Waals surface area (Å²) < 4.78 is 11.0. The summed E-state index contributed by atoms with van der Waals surface area (Å²) in [5.74, 6) is 0.964. The first-order valence-corrected chi connectivity index (χ1v) is 10.0. The summed E-state index contributed by atoms with van der Waals surface area (Å²) in [5.41, 5.74) is 2.29. The SMILES string of the molecule is CCOC(=O)c1c(NC(=O)CCc2ccc(-c3ccccc3)o2)sc(C)c1C. The summed E-state index contributed by atoms with van der Waals surface area (Å²) in [4.78, 5) is 25.6. The molecule has 0 saturated heterocycles. The van der Waals surface area contributed by atoms with Gasteiger partial charge in [-0.1, -0.05) is 30.3 Å². The van der Waals surface area contributed by atoms with Crippen LogP contribution < -0.4 is 5.32 Å². The largest absolute Gasteiger partial charge is 0.462 e. The molecule has 146 valence electrons. The Kier molecular flexibility index (Phi) is 6.31. The van der Waals surface area contributed by atoms with Crippen molar-refractivity contribution in [2.75, 3.05) is 11.9 Å². The fourth-order valence-electron chi connectivity index (χ4n) is 2.86. The van der Waals surface area contributed by atoms with Crippen LogP contribution in [-0.4, -0.2) is 18.5 Å². The third kappa shape index (κ3) is 4.51. The minimum atomic E-state index is -0.404. The van der Waals surface area contributed by atoms with Gasteiger partial charge in [-0.05, 0) is 38.5 Å². The van der Waals surface area contributed by atoms with Gasteiger partial charge >= 0.3 is 5.97 Å². The number of thiophene rings is 1. The van der Waals surface area contributed by atoms with E-state index < -0.39 is 5.97 Å². The van der Waals surface area contributed by atoms with E-state index in [4.69, 9.17) is 9.15 Å². The number of ether oxygens (including phenoxy) is 1. The van der Waals surface area contributed by atoms with Crippen LogP contribution in [-0.2, 0) is 16.0 Å². The predicted molar refractivity (Wildman–Crippen MR) is 111 cm³/mol. The van der Waals surface area contributed by atoms with Crippen LogP contribution in [0.3, 0.4) is 0 Å². The highest BCUT2D eigenvalue weighted by Crippen LogP contribution is 2.33. The van der Waals surface area contributed by atoms with Crippen LogP contribution >= 0.6 is 11.3 Å². The number of carbonyl (C=O) groups excluding carboxylic acids is 2. The molecule has 0 aliphatic rings. The zero-order valence-electron chi connectivity index (χ0n) is 16.2. The Balaban J connectivity index is 1.63. The summed E-state index contributed by atoms with van der Waals surface area (Å²) in [7, 11) is 0. The zero-order valence-corrected chi connectivity index (χ0v) is 17.0. The molecule has 0 saturated carbocycles. The molecule has 5 nitrogen and oxygen atoms in total. The second-order valence-corrected chi connectivity index (χ2v) is 7.61. The molecule has 0 aliphatic heterocycles. The minimum Gasteiger partial charge on any atom is -0.462 e. The summed E-state index contributed by atoms with van der Waals surface area (Å²) in [5, 5.41) is 3.40. The lowest BCUT2D eigenvalue weighted by molar-refractivity contribution is -0.116. The number of carbonyl (C=O) groups is 2. The van der Waals surface area contributed by atoms with Crippen molar-refractivity contribution in [1.29, 1.82) is 0 Å². The van der Waals surface area contributed by atoms with E-state index in [1.54, 1.807) is 6.92 Å². The van der Waals surface area contributed by atoms with Gasteiger partial charge in [0.15, 0.2) is 0 Å². The van der Waals surface area contributed by atoms with E-state index in [1.165, 1.54) is 11.3 Å². The Bertz CT molecular complexity index is 972. The average molecular weight is 397 g/mol. The highest BCUT2D eigenvalue weighted by Gasteiger charge is 2.22. The molecule has 1 amide bonds. The molecular formula is C22H23NO4S. The molecule has 2 aromatic heterocycles. The van der Waals surface area contributed by atoms with Crippen molar-refractivity contribution in [2.45, 2.75) is 33.6 Å². The zero-order chi connectivity index (χ0) is 20.1. The van der Waals surface area contributed by atoms with Crippen LogP contribution in [0.4, 0.5) is 5.00 Å². The highest BCUT2D eigenvalue weighted by molar-refractivity contribution is 7.16. The smallest absolute Gasteiger partial charge is 0.341 e. The van der Waals surface area contributed by atoms with Gasteiger partial charge in [0.1, 0.15) is 16.5 Å². The van der Waals surface area contributed by atoms with Crippen molar-refractivity contribution in [1.82, 2.24) is 0 Å². The van der Waals surface area contributed by atoms with Gasteiger partial charge in [0.05, 0.1) is 12.2 Å². The van der Waals surface area contributed by atoms with Crippen molar-refractivity contribution in [3.8, 4) is 11.3 Å². The lowest BCUT2D eigenvalue weighted by Crippen LogP contribution is -2.15. The number of benzene rings is 1. The number of rotatable bonds is 7. The normalized spacial score (nSPS) is 10.7. The van der Waals surface area contributed by atoms with E-state index >= 15 is 0 Å². The maximum Gasteiger partial charge on any atom is 0.341 e. The molecule has 2 heterocycles. The maximum absolute atomic E-state index is 12.4. The number of nitrogens with one attached hydrogen (secondary N) is 1. The number of aryl methyl sites for hydroxylation is 2. The predicted octanol–water partition coefficient (Wildman–Crippen LogP) is 5.37. The van der Waals surface area contributed by atoms with Crippen molar-refractivity contribution < 1.29 is 18.7 Å². The number of hydrogen-bond donors (Lipinski definition) is 1. The third-order valence-electron chi connectivity index (χ3n) is 4.44. The van der Waals surface area contributed by atoms with Crippen molar-refractivity contribution >= 4 is 28.2 Å². The van der Waals surface area contributed by atoms with Crippen LogP contribution in [0.5, 0.6) is 0 Å². The number of esters is 1. The number of hydrogen-bond acceptors (Lipinski definition) is 5. The summed E-state index contributed by atoms with van der Waals surface area (Å²) in [6, 6.07) is 13.6. The van der Waals surface area contributed by atoms with Gasteiger partial charge in [-0.3, -0.25) is 4.79 Å². The van der Waals surface area contributed by atoms with Crippen molar-refractivity contribution in [2.24, 2.45) is 0 Å². The molecule has 1 N–H and O–H groups in total. The van der Waals surface area contributed by atoms with Gasteiger partial charge in [0.25, 0.3) is 0 Å². The molecular weight excluding hydrogens is 374 g/mol. The first-order chi connectivity index (χ1) is 13.5. The Hall–Kier alpha value is -2.86. The molecule has 3 aromatic rings. The Morgan fingerprint density at radius 2 is 1.86 bits per heavy atom. The Morgan fingerprint density at radius 1 is 1.11 bits per heavy atom. The van der Waals surface area contributed by atoms with Gasteiger partial charge < -0.3 is 14.5 Å². The van der Waals surface area contributed by atoms with Gasteiger partial charge in [0, 0.05) is 23.3 Å². The van der Waals surface area contributed by atoms with E-state index in [9.17, 15) is 9.59 Å². The van der Waals surface area contributed by atoms with Crippen LogP contribution in [0, 0.1) is 13.8 Å². The lowest BCUT2D eigenvalue weighted by atomic mass is 10.1. The molecule has 6 heteroatoms. The van der Waals surface area contributed by atoms with E-state index in [-0.39, 0.29) is 12.3 Å². The average Bonchev–Trinajstić information content (AvgIpc) is 3.26. The summed E-state index contributed by atoms with van der Waals surface area (Å²) >= 11 is 1.39. The molecule has 0 aliphatic carbocycles. The van der Waals surface area contributed by atoms with Crippen LogP contribution in [0.15, 0.2) is 46.9 Å². The molecule has 0 unspecified atom stereocenters. The van der Waals surface area contributed by atoms with E-state index in [2.05, 4.69) is 5.32 Å². The first-order valence-electron chi connectivity index (χ1n) is 9.20. The van der Waals surface area contributed by atoms with Gasteiger partial charge in [0.2, 0.25) is 5.91 Å². The minimum absolute atomic E-state index is 0.163. The number of anilines is 1. The highest BCUT2D eigenvalue weighted by atomic mass is 32.1. The fourth-order valence-corrected chi connectivity index (χ4v) is 3.92. The molecule has 1 aromatic carbocycles. The van der Waals surface area contributed by atoms with Crippen LogP contribution in [0.2, 0.25) is 0 Å². The third-order valence-corrected chi connectivity index (χ3v) is 5.56. The van der Waals surface area contributed by atoms with E-state index in [1.807, 2.05) is 56.3 Å². The second kappa shape index (κ2) is 8.89. The first kappa shape index (κ1) is 19.9. The quantitative estimate of drug-likeness (QED) is 0.544. The van der Waals surface area contributed by atoms with E-state index in [0.29, 0.717) is 23.6 Å². The van der Waals surface area contributed by atoms with Gasteiger partial charge in [-0.2, -0.15) is 0 Å². The van der Waals surface area contributed by atoms with Crippen molar-refractivity contribution in [3.05, 3.63) is 64.2 Å². The molecule has 0 atom stereocenters. The monoisotopic (exact) mass is 397 g/mol. The lowest BCUT2D eigenvalue weighted by Gasteiger charge is -2.07. The summed E-state index contributed by atoms with van der Waals surface area (Å²) in [6.45, 7) is 5.84. The fraction of sp³-hybridized carbons (Fsp3) is 0.273. The summed E-state index contributed by atoms with van der Waals surface area (Å²) in [6.07, 6.45) is 0.747. The standard InChI is InChI=1S/C22H23NO4S/c1-4-26-22(25)20-14(2)15(3)28-21(20)23-19(24)13-11-17-10-12-18(27-17)16-8-6-5-7-9-16/h5-10,12H,4,11,13H2,1-3H3,(H,23,24). The second-order valence-electron chi connectivity index (χ2n) is 6.39. The van der Waals surface area contributed by atoms with Crippen LogP contribution in [0.1, 0.15) is 39.9 Å². The molecule has 0 radical (unpaired) electrons. The Morgan fingerprint density at radius 3 is 2.57 bits per heavy atom. The molecule has 3 rings (SSSR count). The van der Waals surface area contributed by atoms with Gasteiger partial charge in [-0.25, -0.2) is 4.79 Å². The Labute approximate surface area is 168 Å². The topological polar surface area (TPSA) is 68.5 Å². The molecule has 0 bridgehead atoms. The maximum atomic E-state index is 12.4. The molecule has 0 spiro atoms.